The molecule has 1 aliphatic carbocycles. The van der Waals surface area contributed by atoms with Crippen LogP contribution in [0.15, 0.2) is 30.3 Å². The van der Waals surface area contributed by atoms with Crippen molar-refractivity contribution in [3.8, 4) is 0 Å². The summed E-state index contributed by atoms with van der Waals surface area (Å²) in [5.74, 6) is -0.802. The number of anilines is 2. The minimum Gasteiger partial charge on any atom is -0.398 e. The molecule has 0 radical (unpaired) electrons. The summed E-state index contributed by atoms with van der Waals surface area (Å²) in [5.41, 5.74) is 13.4. The van der Waals surface area contributed by atoms with Gasteiger partial charge in [-0.1, -0.05) is 12.1 Å². The number of imide groups is 1. The quantitative estimate of drug-likeness (QED) is 0.523. The number of nitrogens with one attached hydrogen (secondary N) is 2. The van der Waals surface area contributed by atoms with Crippen LogP contribution in [0.25, 0.3) is 0 Å². The Hall–Kier alpha value is -3.35. The van der Waals surface area contributed by atoms with Crippen molar-refractivity contribution in [1.29, 1.82) is 0 Å². The Morgan fingerprint density at radius 2 is 1.81 bits per heavy atom. The zero-order valence-corrected chi connectivity index (χ0v) is 17.4. The second-order valence-electron chi connectivity index (χ2n) is 8.56. The highest BCUT2D eigenvalue weighted by Gasteiger charge is 2.39. The number of amides is 3. The highest BCUT2D eigenvalue weighted by Crippen LogP contribution is 2.34. The molecule has 1 fully saturated rings. The predicted molar refractivity (Wildman–Crippen MR) is 117 cm³/mol. The van der Waals surface area contributed by atoms with E-state index in [4.69, 9.17) is 5.73 Å². The number of nitrogens with two attached hydrogens (primary N) is 1. The number of carbonyl (C=O) groups excluding carboxylic acids is 3. The highest BCUT2D eigenvalue weighted by molar-refractivity contribution is 6.05. The number of nitrogen functional groups attached to an aromatic ring is 1. The van der Waals surface area contributed by atoms with Crippen molar-refractivity contribution in [2.45, 2.75) is 57.7 Å². The molecule has 2 aromatic rings. The van der Waals surface area contributed by atoms with Gasteiger partial charge in [-0.3, -0.25) is 19.7 Å². The van der Waals surface area contributed by atoms with Crippen LogP contribution in [0.5, 0.6) is 0 Å². The van der Waals surface area contributed by atoms with E-state index in [9.17, 15) is 14.4 Å². The molecule has 31 heavy (non-hydrogen) atoms. The maximum atomic E-state index is 13.0. The number of fused-ring (bicyclic) bond motifs is 2. The van der Waals surface area contributed by atoms with Gasteiger partial charge in [0.25, 0.3) is 5.91 Å². The number of nitrogens with zero attached hydrogens (tertiary/aromatic N) is 1. The van der Waals surface area contributed by atoms with Gasteiger partial charge in [0.2, 0.25) is 11.8 Å². The van der Waals surface area contributed by atoms with E-state index in [-0.39, 0.29) is 24.1 Å². The van der Waals surface area contributed by atoms with Crippen LogP contribution in [0.4, 0.5) is 11.4 Å². The van der Waals surface area contributed by atoms with Crippen molar-refractivity contribution in [3.05, 3.63) is 58.1 Å². The monoisotopic (exact) mass is 418 g/mol. The van der Waals surface area contributed by atoms with Crippen LogP contribution in [-0.2, 0) is 35.5 Å². The van der Waals surface area contributed by atoms with Gasteiger partial charge in [0, 0.05) is 36.4 Å². The molecule has 1 atom stereocenters. The van der Waals surface area contributed by atoms with Gasteiger partial charge in [-0.15, -0.1) is 0 Å². The van der Waals surface area contributed by atoms with Gasteiger partial charge >= 0.3 is 0 Å². The van der Waals surface area contributed by atoms with E-state index in [1.165, 1.54) is 24.0 Å². The van der Waals surface area contributed by atoms with E-state index in [0.29, 0.717) is 25.1 Å². The smallest absolute Gasteiger partial charge is 0.255 e. The largest absolute Gasteiger partial charge is 0.398 e. The van der Waals surface area contributed by atoms with E-state index < -0.39 is 6.04 Å². The van der Waals surface area contributed by atoms with E-state index in [0.717, 1.165) is 35.3 Å². The van der Waals surface area contributed by atoms with Gasteiger partial charge in [0.1, 0.15) is 6.04 Å². The average molecular weight is 418 g/mol. The molecular formula is C24H26N4O3. The molecule has 7 nitrogen and oxygen atoms in total. The lowest BCUT2D eigenvalue weighted by molar-refractivity contribution is -0.136. The average Bonchev–Trinajstić information content (AvgIpc) is 3.10. The molecule has 5 rings (SSSR count). The van der Waals surface area contributed by atoms with Crippen LogP contribution in [0.2, 0.25) is 0 Å². The molecular weight excluding hydrogens is 392 g/mol. The number of benzene rings is 2. The standard InChI is InChI=1S/C24H26N4O3/c25-19-8-9-20(16-6-2-1-5-15(16)19)26-12-14-4-3-7-17-18(14)13-28(24(17)31)21-10-11-22(29)27-23(21)30/h3-4,7-9,21,26H,1-2,5-6,10-13,25H2,(H,27,29,30). The molecule has 0 bridgehead atoms. The van der Waals surface area contributed by atoms with Crippen molar-refractivity contribution in [2.75, 3.05) is 11.1 Å². The van der Waals surface area contributed by atoms with Crippen LogP contribution >= 0.6 is 0 Å². The molecule has 3 aliphatic rings. The molecule has 0 aromatic heterocycles. The van der Waals surface area contributed by atoms with E-state index in [1.54, 1.807) is 4.90 Å². The van der Waals surface area contributed by atoms with Crippen LogP contribution in [0, 0.1) is 0 Å². The van der Waals surface area contributed by atoms with Gasteiger partial charge in [-0.25, -0.2) is 0 Å². The lowest BCUT2D eigenvalue weighted by Gasteiger charge is -2.29. The van der Waals surface area contributed by atoms with Gasteiger partial charge in [-0.05, 0) is 72.6 Å². The van der Waals surface area contributed by atoms with Gasteiger partial charge in [0.15, 0.2) is 0 Å². The summed E-state index contributed by atoms with van der Waals surface area (Å²) >= 11 is 0. The summed E-state index contributed by atoms with van der Waals surface area (Å²) in [6.45, 7) is 0.980. The number of piperidine rings is 1. The maximum absolute atomic E-state index is 13.0. The Morgan fingerprint density at radius 1 is 1.00 bits per heavy atom. The van der Waals surface area contributed by atoms with Crippen LogP contribution in [0.3, 0.4) is 0 Å². The summed E-state index contributed by atoms with van der Waals surface area (Å²) in [7, 11) is 0. The Labute approximate surface area is 181 Å². The summed E-state index contributed by atoms with van der Waals surface area (Å²) in [6.07, 6.45) is 5.01. The summed E-state index contributed by atoms with van der Waals surface area (Å²) < 4.78 is 0. The third kappa shape index (κ3) is 3.44. The molecule has 2 heterocycles. The molecule has 2 aliphatic heterocycles. The second kappa shape index (κ2) is 7.72. The maximum Gasteiger partial charge on any atom is 0.255 e. The highest BCUT2D eigenvalue weighted by atomic mass is 16.2. The van der Waals surface area contributed by atoms with Crippen LogP contribution in [0.1, 0.15) is 58.3 Å². The lowest BCUT2D eigenvalue weighted by Crippen LogP contribution is -2.52. The first kappa shape index (κ1) is 19.6. The molecule has 2 aromatic carbocycles. The zero-order chi connectivity index (χ0) is 21.5. The molecule has 0 spiro atoms. The van der Waals surface area contributed by atoms with E-state index >= 15 is 0 Å². The topological polar surface area (TPSA) is 105 Å². The molecule has 7 heteroatoms. The number of hydrogen-bond donors (Lipinski definition) is 3. The van der Waals surface area contributed by atoms with E-state index in [2.05, 4.69) is 10.6 Å². The molecule has 0 saturated carbocycles. The second-order valence-corrected chi connectivity index (χ2v) is 8.56. The molecule has 160 valence electrons. The first-order valence-electron chi connectivity index (χ1n) is 10.9. The summed E-state index contributed by atoms with van der Waals surface area (Å²) in [5, 5.41) is 5.91. The predicted octanol–water partition coefficient (Wildman–Crippen LogP) is 2.52. The number of carbonyl (C=O) groups is 3. The molecule has 1 unspecified atom stereocenters. The Kier molecular flexibility index (Phi) is 4.88. The lowest BCUT2D eigenvalue weighted by atomic mass is 9.89. The first-order valence-corrected chi connectivity index (χ1v) is 10.9. The van der Waals surface area contributed by atoms with Crippen molar-refractivity contribution in [2.24, 2.45) is 0 Å². The number of hydrogen-bond acceptors (Lipinski definition) is 5. The van der Waals surface area contributed by atoms with Gasteiger partial charge in [0.05, 0.1) is 0 Å². The number of rotatable bonds is 4. The third-order valence-corrected chi connectivity index (χ3v) is 6.72. The Balaban J connectivity index is 1.37. The fourth-order valence-corrected chi connectivity index (χ4v) is 5.07. The Bertz CT molecular complexity index is 1090. The van der Waals surface area contributed by atoms with Gasteiger partial charge in [-0.2, -0.15) is 0 Å². The minimum absolute atomic E-state index is 0.142. The summed E-state index contributed by atoms with van der Waals surface area (Å²) in [4.78, 5) is 38.4. The fourth-order valence-electron chi connectivity index (χ4n) is 5.07. The van der Waals surface area contributed by atoms with Crippen molar-refractivity contribution in [1.82, 2.24) is 10.2 Å². The van der Waals surface area contributed by atoms with Crippen LogP contribution < -0.4 is 16.4 Å². The normalized spacial score (nSPS) is 20.3. The van der Waals surface area contributed by atoms with Crippen molar-refractivity contribution in [3.63, 3.8) is 0 Å². The Morgan fingerprint density at radius 3 is 2.61 bits per heavy atom. The third-order valence-electron chi connectivity index (χ3n) is 6.72. The zero-order valence-electron chi connectivity index (χ0n) is 17.4. The van der Waals surface area contributed by atoms with Crippen molar-refractivity contribution >= 4 is 29.1 Å². The first-order chi connectivity index (χ1) is 15.0. The molecule has 3 amide bonds. The summed E-state index contributed by atoms with van der Waals surface area (Å²) in [6, 6.07) is 9.15. The van der Waals surface area contributed by atoms with Crippen molar-refractivity contribution < 1.29 is 14.4 Å². The van der Waals surface area contributed by atoms with E-state index in [1.807, 2.05) is 30.3 Å². The van der Waals surface area contributed by atoms with Gasteiger partial charge < -0.3 is 16.0 Å². The van der Waals surface area contributed by atoms with Crippen LogP contribution in [-0.4, -0.2) is 28.7 Å². The minimum atomic E-state index is -0.595. The fraction of sp³-hybridized carbons (Fsp3) is 0.375. The SMILES string of the molecule is Nc1ccc(NCc2cccc3c2CN(C2CCC(=O)NC2=O)C3=O)c2c1CCCC2. The molecule has 4 N–H and O–H groups in total. The molecule has 1 saturated heterocycles.